The van der Waals surface area contributed by atoms with Crippen molar-refractivity contribution in [2.24, 2.45) is 11.1 Å². The van der Waals surface area contributed by atoms with E-state index in [0.29, 0.717) is 11.1 Å². The molecule has 31 heavy (non-hydrogen) atoms. The van der Waals surface area contributed by atoms with Crippen LogP contribution in [0.25, 0.3) is 0 Å². The summed E-state index contributed by atoms with van der Waals surface area (Å²) in [4.78, 5) is 37.5. The molecule has 2 atom stereocenters. The van der Waals surface area contributed by atoms with Crippen LogP contribution in [-0.4, -0.2) is 28.8 Å². The summed E-state index contributed by atoms with van der Waals surface area (Å²) in [5.41, 5.74) is 5.41. The molecule has 8 heteroatoms. The molecule has 1 aliphatic rings. The summed E-state index contributed by atoms with van der Waals surface area (Å²) < 4.78 is 0. The molecule has 0 aromatic heterocycles. The maximum absolute atomic E-state index is 13.0. The number of nitrogens with one attached hydrogen (secondary N) is 1. The Labute approximate surface area is 201 Å². The fourth-order valence-electron chi connectivity index (χ4n) is 3.36. The van der Waals surface area contributed by atoms with Gasteiger partial charge in [0.2, 0.25) is 0 Å². The molecular weight excluding hydrogens is 407 g/mol. The molecule has 1 amide bonds. The van der Waals surface area contributed by atoms with Gasteiger partial charge >= 0.3 is 29.6 Å². The van der Waals surface area contributed by atoms with E-state index in [1.54, 1.807) is 48.5 Å². The number of rotatable bonds is 7. The minimum Gasteiger partial charge on any atom is -0.549 e. The van der Waals surface area contributed by atoms with Gasteiger partial charge in [-0.05, 0) is 42.3 Å². The van der Waals surface area contributed by atoms with Gasteiger partial charge in [0.1, 0.15) is 5.75 Å². The van der Waals surface area contributed by atoms with E-state index in [4.69, 9.17) is 5.73 Å². The molecule has 0 radical (unpaired) electrons. The first-order chi connectivity index (χ1) is 14.3. The van der Waals surface area contributed by atoms with Gasteiger partial charge in [0.25, 0.3) is 5.91 Å². The third kappa shape index (κ3) is 5.71. The van der Waals surface area contributed by atoms with E-state index >= 15 is 0 Å². The SMILES string of the molecule is N[C@@H](Cc1ccc(O)cc1)C(=O)C1(C(=O)[O-])C=CC=C(NC(=O)c2ccccc2)C1.[Na+]. The number of aliphatic carboxylic acids is 1. The predicted molar refractivity (Wildman–Crippen MR) is 108 cm³/mol. The molecule has 1 aliphatic carbocycles. The number of carboxylic acids is 1. The third-order valence-corrected chi connectivity index (χ3v) is 4.99. The summed E-state index contributed by atoms with van der Waals surface area (Å²) in [5.74, 6) is -2.63. The molecule has 0 aliphatic heterocycles. The van der Waals surface area contributed by atoms with Gasteiger partial charge in [-0.2, -0.15) is 0 Å². The zero-order chi connectivity index (χ0) is 21.7. The summed E-state index contributed by atoms with van der Waals surface area (Å²) in [6.07, 6.45) is 4.02. The van der Waals surface area contributed by atoms with Crippen molar-refractivity contribution in [3.63, 3.8) is 0 Å². The van der Waals surface area contributed by atoms with Crippen LogP contribution in [0.4, 0.5) is 0 Å². The predicted octanol–water partition coefficient (Wildman–Crippen LogP) is -2.15. The molecule has 2 aromatic rings. The van der Waals surface area contributed by atoms with Crippen LogP contribution in [0.5, 0.6) is 5.75 Å². The fourth-order valence-corrected chi connectivity index (χ4v) is 3.36. The molecule has 0 spiro atoms. The van der Waals surface area contributed by atoms with Crippen LogP contribution in [0, 0.1) is 5.41 Å². The van der Waals surface area contributed by atoms with Crippen molar-refractivity contribution < 1.29 is 54.2 Å². The Kier molecular flexibility index (Phi) is 8.36. The Morgan fingerprint density at radius 2 is 1.74 bits per heavy atom. The molecule has 1 unspecified atom stereocenters. The number of aromatic hydroxyl groups is 1. The molecule has 0 saturated carbocycles. The van der Waals surface area contributed by atoms with Crippen molar-refractivity contribution in [1.82, 2.24) is 5.32 Å². The second-order valence-electron chi connectivity index (χ2n) is 7.15. The zero-order valence-corrected chi connectivity index (χ0v) is 19.1. The molecule has 0 fully saturated rings. The van der Waals surface area contributed by atoms with Gasteiger partial charge in [-0.15, -0.1) is 0 Å². The van der Waals surface area contributed by atoms with Gasteiger partial charge < -0.3 is 26.1 Å². The van der Waals surface area contributed by atoms with Crippen molar-refractivity contribution in [3.8, 4) is 5.75 Å². The summed E-state index contributed by atoms with van der Waals surface area (Å²) >= 11 is 0. The molecule has 2 aromatic carbocycles. The van der Waals surface area contributed by atoms with Crippen molar-refractivity contribution >= 4 is 17.7 Å². The van der Waals surface area contributed by atoms with Crippen LogP contribution in [-0.2, 0) is 16.0 Å². The minimum atomic E-state index is -1.98. The van der Waals surface area contributed by atoms with Gasteiger partial charge in [0.15, 0.2) is 5.78 Å². The zero-order valence-electron chi connectivity index (χ0n) is 17.1. The molecule has 7 nitrogen and oxygen atoms in total. The van der Waals surface area contributed by atoms with Gasteiger partial charge in [-0.1, -0.05) is 42.5 Å². The van der Waals surface area contributed by atoms with Crippen LogP contribution in [0.2, 0.25) is 0 Å². The number of carbonyl (C=O) groups excluding carboxylic acids is 3. The van der Waals surface area contributed by atoms with E-state index in [1.165, 1.54) is 24.3 Å². The molecule has 4 N–H and O–H groups in total. The Morgan fingerprint density at radius 1 is 1.10 bits per heavy atom. The number of ketones is 1. The summed E-state index contributed by atoms with van der Waals surface area (Å²) in [7, 11) is 0. The largest absolute Gasteiger partial charge is 1.00 e. The van der Waals surface area contributed by atoms with Crippen molar-refractivity contribution in [1.29, 1.82) is 0 Å². The second kappa shape index (κ2) is 10.5. The van der Waals surface area contributed by atoms with Gasteiger partial charge in [0.05, 0.1) is 17.4 Å². The van der Waals surface area contributed by atoms with Crippen LogP contribution in [0.15, 0.2) is 78.5 Å². The molecule has 0 bridgehead atoms. The Hall–Kier alpha value is -2.71. The summed E-state index contributed by atoms with van der Waals surface area (Å²) in [6, 6.07) is 13.5. The maximum atomic E-state index is 13.0. The molecule has 154 valence electrons. The molecule has 3 rings (SSSR count). The molecule has 0 heterocycles. The van der Waals surface area contributed by atoms with E-state index in [9.17, 15) is 24.6 Å². The van der Waals surface area contributed by atoms with Gasteiger partial charge in [0, 0.05) is 17.7 Å². The smallest absolute Gasteiger partial charge is 0.549 e. The van der Waals surface area contributed by atoms with Gasteiger partial charge in [-0.3, -0.25) is 9.59 Å². The van der Waals surface area contributed by atoms with E-state index in [1.807, 2.05) is 0 Å². The van der Waals surface area contributed by atoms with E-state index in [-0.39, 0.29) is 53.8 Å². The first kappa shape index (κ1) is 24.6. The number of carboxylic acid groups (broad SMARTS) is 1. The number of hydrogen-bond donors (Lipinski definition) is 3. The Bertz CT molecular complexity index is 1020. The Morgan fingerprint density at radius 3 is 2.35 bits per heavy atom. The number of benzene rings is 2. The van der Waals surface area contributed by atoms with E-state index in [2.05, 4.69) is 5.32 Å². The fraction of sp³-hybridized carbons (Fsp3) is 0.174. The number of carbonyl (C=O) groups is 3. The summed E-state index contributed by atoms with van der Waals surface area (Å²) in [5, 5.41) is 24.0. The first-order valence-electron chi connectivity index (χ1n) is 9.36. The van der Waals surface area contributed by atoms with Crippen LogP contribution in [0.3, 0.4) is 0 Å². The van der Waals surface area contributed by atoms with Crippen LogP contribution in [0.1, 0.15) is 22.3 Å². The average Bonchev–Trinajstić information content (AvgIpc) is 2.75. The van der Waals surface area contributed by atoms with Crippen molar-refractivity contribution in [2.75, 3.05) is 0 Å². The quantitative estimate of drug-likeness (QED) is 0.340. The third-order valence-electron chi connectivity index (χ3n) is 4.99. The number of allylic oxidation sites excluding steroid dienone is 3. The van der Waals surface area contributed by atoms with E-state index in [0.717, 1.165) is 0 Å². The summed E-state index contributed by atoms with van der Waals surface area (Å²) in [6.45, 7) is 0. The minimum absolute atomic E-state index is 0. The van der Waals surface area contributed by atoms with Crippen molar-refractivity contribution in [2.45, 2.75) is 18.9 Å². The number of Topliss-reactive ketones (excluding diaryl/α,β-unsaturated/α-hetero) is 1. The number of amides is 1. The van der Waals surface area contributed by atoms with E-state index < -0.39 is 29.1 Å². The molecule has 0 saturated heterocycles. The number of phenolic OH excluding ortho intramolecular Hbond substituents is 1. The van der Waals surface area contributed by atoms with Gasteiger partial charge in [-0.25, -0.2) is 0 Å². The van der Waals surface area contributed by atoms with Crippen LogP contribution >= 0.6 is 0 Å². The maximum Gasteiger partial charge on any atom is 1.00 e. The average molecular weight is 428 g/mol. The first-order valence-corrected chi connectivity index (χ1v) is 9.36. The molecular formula is C23H21N2NaO5. The standard InChI is InChI=1S/C23H22N2O5.Na/c24-19(13-15-8-10-18(26)11-9-15)20(27)23(22(29)30)12-4-7-17(14-23)25-21(28)16-5-2-1-3-6-16;/h1-12,19,26H,13-14,24H2,(H,25,28)(H,29,30);/q;+1/p-1/t19-,23?;/m0./s1. The number of hydrogen-bond acceptors (Lipinski definition) is 6. The monoisotopic (exact) mass is 428 g/mol. The number of phenols is 1. The normalized spacial score (nSPS) is 18.3. The number of nitrogens with two attached hydrogens (primary N) is 1. The Balaban J connectivity index is 0.00000341. The van der Waals surface area contributed by atoms with Crippen molar-refractivity contribution in [3.05, 3.63) is 89.6 Å². The second-order valence-corrected chi connectivity index (χ2v) is 7.15. The van der Waals surface area contributed by atoms with Crippen LogP contribution < -0.4 is 45.7 Å². The topological polar surface area (TPSA) is 133 Å².